The number of hydrogen-bond acceptors (Lipinski definition) is 5. The van der Waals surface area contributed by atoms with Crippen LogP contribution in [0.1, 0.15) is 28.8 Å². The molecule has 0 aliphatic carbocycles. The van der Waals surface area contributed by atoms with Crippen molar-refractivity contribution in [3.63, 3.8) is 0 Å². The van der Waals surface area contributed by atoms with E-state index in [2.05, 4.69) is 63.8 Å². The maximum absolute atomic E-state index is 13.1. The zero-order valence-electron chi connectivity index (χ0n) is 18.3. The molecule has 0 radical (unpaired) electrons. The van der Waals surface area contributed by atoms with Crippen LogP contribution in [0.15, 0.2) is 41.8 Å². The minimum atomic E-state index is -0.395. The van der Waals surface area contributed by atoms with Gasteiger partial charge in [-0.1, -0.05) is 35.9 Å². The Morgan fingerprint density at radius 3 is 2.68 bits per heavy atom. The van der Waals surface area contributed by atoms with E-state index < -0.39 is 6.04 Å². The number of nitrogens with one attached hydrogen (secondary N) is 1. The van der Waals surface area contributed by atoms with Crippen molar-refractivity contribution in [3.8, 4) is 0 Å². The predicted octanol–water partition coefficient (Wildman–Crippen LogP) is 2.48. The summed E-state index contributed by atoms with van der Waals surface area (Å²) in [6.45, 7) is 8.52. The first-order valence-electron chi connectivity index (χ1n) is 11.2. The molecule has 2 aromatic rings. The summed E-state index contributed by atoms with van der Waals surface area (Å²) in [6.07, 6.45) is 1.23. The van der Waals surface area contributed by atoms with Crippen LogP contribution in [0.25, 0.3) is 0 Å². The molecule has 6 nitrogen and oxygen atoms in total. The Morgan fingerprint density at radius 2 is 1.90 bits per heavy atom. The molecule has 1 aromatic carbocycles. The van der Waals surface area contributed by atoms with E-state index in [0.717, 1.165) is 45.7 Å². The molecule has 3 heterocycles. The first-order chi connectivity index (χ1) is 15.1. The maximum Gasteiger partial charge on any atom is 0.237 e. The fraction of sp³-hybridized carbons (Fsp3) is 0.500. The summed E-state index contributed by atoms with van der Waals surface area (Å²) in [5, 5.41) is 5.06. The Hall–Kier alpha value is -2.22. The molecular formula is C24H32N4O2S. The van der Waals surface area contributed by atoms with E-state index >= 15 is 0 Å². The van der Waals surface area contributed by atoms with Crippen molar-refractivity contribution in [2.75, 3.05) is 39.3 Å². The molecule has 1 unspecified atom stereocenters. The average molecular weight is 441 g/mol. The molecule has 2 saturated heterocycles. The van der Waals surface area contributed by atoms with Gasteiger partial charge in [-0.25, -0.2) is 0 Å². The lowest BCUT2D eigenvalue weighted by atomic mass is 10.1. The summed E-state index contributed by atoms with van der Waals surface area (Å²) in [5.74, 6) is 0.0646. The highest BCUT2D eigenvalue weighted by molar-refractivity contribution is 7.09. The number of amides is 2. The molecule has 1 aromatic heterocycles. The average Bonchev–Trinajstić information content (AvgIpc) is 3.16. The van der Waals surface area contributed by atoms with Crippen LogP contribution in [0.3, 0.4) is 0 Å². The first-order valence-corrected chi connectivity index (χ1v) is 12.1. The van der Waals surface area contributed by atoms with E-state index in [9.17, 15) is 9.59 Å². The van der Waals surface area contributed by atoms with Gasteiger partial charge in [-0.15, -0.1) is 11.3 Å². The monoisotopic (exact) mass is 440 g/mol. The number of thiophene rings is 1. The number of piperazine rings is 1. The van der Waals surface area contributed by atoms with Gasteiger partial charge in [-0.3, -0.25) is 19.4 Å². The Balaban J connectivity index is 1.34. The first kappa shape index (κ1) is 22.0. The van der Waals surface area contributed by atoms with Gasteiger partial charge in [0.1, 0.15) is 0 Å². The molecule has 0 bridgehead atoms. The summed E-state index contributed by atoms with van der Waals surface area (Å²) in [4.78, 5) is 33.7. The van der Waals surface area contributed by atoms with Crippen LogP contribution in [-0.4, -0.2) is 71.8 Å². The summed E-state index contributed by atoms with van der Waals surface area (Å²) >= 11 is 1.78. The molecule has 31 heavy (non-hydrogen) atoms. The third-order valence-electron chi connectivity index (χ3n) is 6.22. The van der Waals surface area contributed by atoms with E-state index in [1.165, 1.54) is 16.0 Å². The molecule has 0 saturated carbocycles. The highest BCUT2D eigenvalue weighted by Gasteiger charge is 2.33. The van der Waals surface area contributed by atoms with Gasteiger partial charge in [0, 0.05) is 57.2 Å². The van der Waals surface area contributed by atoms with Crippen molar-refractivity contribution < 1.29 is 9.59 Å². The van der Waals surface area contributed by atoms with E-state index in [1.54, 1.807) is 11.3 Å². The van der Waals surface area contributed by atoms with Crippen LogP contribution in [0.5, 0.6) is 0 Å². The van der Waals surface area contributed by atoms with Crippen molar-refractivity contribution in [1.82, 2.24) is 20.0 Å². The van der Waals surface area contributed by atoms with Crippen LogP contribution >= 0.6 is 11.3 Å². The highest BCUT2D eigenvalue weighted by atomic mass is 32.1. The zero-order chi connectivity index (χ0) is 21.6. The number of nitrogens with zero attached hydrogens (tertiary/aromatic N) is 3. The summed E-state index contributed by atoms with van der Waals surface area (Å²) in [7, 11) is 0. The predicted molar refractivity (Wildman–Crippen MR) is 124 cm³/mol. The molecule has 2 aliphatic heterocycles. The van der Waals surface area contributed by atoms with Gasteiger partial charge in [-0.05, 0) is 30.4 Å². The van der Waals surface area contributed by atoms with Gasteiger partial charge >= 0.3 is 0 Å². The third-order valence-corrected chi connectivity index (χ3v) is 7.08. The lowest BCUT2D eigenvalue weighted by Crippen LogP contribution is -2.56. The molecule has 4 rings (SSSR count). The molecule has 0 spiro atoms. The van der Waals surface area contributed by atoms with Gasteiger partial charge in [0.05, 0.1) is 12.5 Å². The van der Waals surface area contributed by atoms with Crippen molar-refractivity contribution in [3.05, 3.63) is 57.8 Å². The maximum atomic E-state index is 13.1. The summed E-state index contributed by atoms with van der Waals surface area (Å²) in [6, 6.07) is 12.3. The van der Waals surface area contributed by atoms with Crippen LogP contribution in [0.2, 0.25) is 0 Å². The van der Waals surface area contributed by atoms with E-state index in [1.807, 2.05) is 4.90 Å². The third kappa shape index (κ3) is 5.93. The molecule has 1 atom stereocenters. The normalized spacial score (nSPS) is 21.0. The Bertz CT molecular complexity index is 868. The lowest BCUT2D eigenvalue weighted by Gasteiger charge is -2.35. The topological polar surface area (TPSA) is 55.9 Å². The molecule has 166 valence electrons. The minimum Gasteiger partial charge on any atom is -0.353 e. The number of hydrogen-bond donors (Lipinski definition) is 1. The number of carbonyl (C=O) groups excluding carboxylic acids is 2. The number of rotatable bonds is 6. The fourth-order valence-electron chi connectivity index (χ4n) is 4.40. The van der Waals surface area contributed by atoms with Crippen LogP contribution in [-0.2, 0) is 22.7 Å². The summed E-state index contributed by atoms with van der Waals surface area (Å²) < 4.78 is 0. The second-order valence-electron chi connectivity index (χ2n) is 8.56. The number of aryl methyl sites for hydroxylation is 1. The molecule has 7 heteroatoms. The number of carbonyl (C=O) groups is 2. The molecule has 2 fully saturated rings. The Labute approximate surface area is 188 Å². The highest BCUT2D eigenvalue weighted by Crippen LogP contribution is 2.18. The van der Waals surface area contributed by atoms with Crippen molar-refractivity contribution in [2.45, 2.75) is 38.9 Å². The summed E-state index contributed by atoms with van der Waals surface area (Å²) in [5.41, 5.74) is 2.40. The molecule has 1 N–H and O–H groups in total. The smallest absolute Gasteiger partial charge is 0.237 e. The van der Waals surface area contributed by atoms with Crippen molar-refractivity contribution >= 4 is 23.2 Å². The number of benzene rings is 1. The van der Waals surface area contributed by atoms with E-state index in [4.69, 9.17) is 0 Å². The minimum absolute atomic E-state index is 0.0270. The van der Waals surface area contributed by atoms with Gasteiger partial charge in [0.2, 0.25) is 11.8 Å². The van der Waals surface area contributed by atoms with Crippen molar-refractivity contribution in [2.24, 2.45) is 0 Å². The van der Waals surface area contributed by atoms with Gasteiger partial charge in [0.25, 0.3) is 0 Å². The van der Waals surface area contributed by atoms with Crippen LogP contribution < -0.4 is 5.32 Å². The van der Waals surface area contributed by atoms with Crippen LogP contribution in [0, 0.1) is 6.92 Å². The van der Waals surface area contributed by atoms with Gasteiger partial charge in [0.15, 0.2) is 0 Å². The fourth-order valence-corrected chi connectivity index (χ4v) is 5.14. The second kappa shape index (κ2) is 10.4. The molecule has 2 amide bonds. The largest absolute Gasteiger partial charge is 0.353 e. The Morgan fingerprint density at radius 1 is 1.06 bits per heavy atom. The van der Waals surface area contributed by atoms with E-state index in [0.29, 0.717) is 13.1 Å². The van der Waals surface area contributed by atoms with Crippen molar-refractivity contribution in [1.29, 1.82) is 0 Å². The molecule has 2 aliphatic rings. The SMILES string of the molecule is Cc1ccc(CN2CCNC(=O)C2CC(=O)N2CCCN(Cc3cccs3)CC2)cc1. The lowest BCUT2D eigenvalue weighted by molar-refractivity contribution is -0.139. The molecular weight excluding hydrogens is 408 g/mol. The van der Waals surface area contributed by atoms with Gasteiger partial charge in [-0.2, -0.15) is 0 Å². The zero-order valence-corrected chi connectivity index (χ0v) is 19.1. The Kier molecular flexibility index (Phi) is 7.37. The standard InChI is InChI=1S/C24H32N4O2S/c1-19-5-7-20(8-6-19)17-28-12-9-25-24(30)22(28)16-23(29)27-11-3-10-26(13-14-27)18-21-4-2-15-31-21/h2,4-8,15,22H,3,9-14,16-18H2,1H3,(H,25,30). The van der Waals surface area contributed by atoms with Gasteiger partial charge < -0.3 is 10.2 Å². The van der Waals surface area contributed by atoms with E-state index in [-0.39, 0.29) is 18.2 Å². The quantitative estimate of drug-likeness (QED) is 0.750. The van der Waals surface area contributed by atoms with Crippen LogP contribution in [0.4, 0.5) is 0 Å². The second-order valence-corrected chi connectivity index (χ2v) is 9.59.